The molecule has 0 saturated carbocycles. The van der Waals surface area contributed by atoms with E-state index in [0.717, 1.165) is 58.5 Å². The fourth-order valence-electron chi connectivity index (χ4n) is 4.29. The average molecular weight is 412 g/mol. The SMILES string of the molecule is CCCC(C(=O)O)c1c(C)nc2sc3c(c2c1-c1ccc(C)cc1)CNCC3.N. The van der Waals surface area contributed by atoms with Gasteiger partial charge in [0.2, 0.25) is 0 Å². The molecule has 0 fully saturated rings. The second-order valence-corrected chi connectivity index (χ2v) is 8.73. The van der Waals surface area contributed by atoms with Crippen molar-refractivity contribution in [3.05, 3.63) is 51.5 Å². The minimum absolute atomic E-state index is 0. The summed E-state index contributed by atoms with van der Waals surface area (Å²) in [5, 5.41) is 14.7. The highest BCUT2D eigenvalue weighted by molar-refractivity contribution is 7.19. The van der Waals surface area contributed by atoms with E-state index in [2.05, 4.69) is 36.5 Å². The maximum absolute atomic E-state index is 12.2. The Morgan fingerprint density at radius 2 is 2.00 bits per heavy atom. The van der Waals surface area contributed by atoms with Crippen LogP contribution in [0.15, 0.2) is 24.3 Å². The van der Waals surface area contributed by atoms with Crippen LogP contribution < -0.4 is 11.5 Å². The Kier molecular flexibility index (Phi) is 6.36. The number of benzene rings is 1. The lowest BCUT2D eigenvalue weighted by molar-refractivity contribution is -0.139. The predicted octanol–water partition coefficient (Wildman–Crippen LogP) is 5.36. The predicted molar refractivity (Wildman–Crippen MR) is 120 cm³/mol. The van der Waals surface area contributed by atoms with E-state index in [-0.39, 0.29) is 6.15 Å². The Morgan fingerprint density at radius 1 is 1.28 bits per heavy atom. The third kappa shape index (κ3) is 3.80. The highest BCUT2D eigenvalue weighted by Gasteiger charge is 2.29. The summed E-state index contributed by atoms with van der Waals surface area (Å²) in [7, 11) is 0. The van der Waals surface area contributed by atoms with Crippen LogP contribution in [0.25, 0.3) is 21.3 Å². The summed E-state index contributed by atoms with van der Waals surface area (Å²) in [5.41, 5.74) is 6.39. The van der Waals surface area contributed by atoms with Crippen LogP contribution in [-0.2, 0) is 17.8 Å². The van der Waals surface area contributed by atoms with Gasteiger partial charge >= 0.3 is 5.97 Å². The summed E-state index contributed by atoms with van der Waals surface area (Å²) in [4.78, 5) is 19.5. The topological polar surface area (TPSA) is 97.2 Å². The van der Waals surface area contributed by atoms with E-state index < -0.39 is 11.9 Å². The Balaban J connectivity index is 0.00000240. The van der Waals surface area contributed by atoms with Crippen LogP contribution >= 0.6 is 11.3 Å². The van der Waals surface area contributed by atoms with Gasteiger partial charge in [0.15, 0.2) is 0 Å². The van der Waals surface area contributed by atoms with Crippen LogP contribution in [0.1, 0.15) is 52.9 Å². The van der Waals surface area contributed by atoms with Crippen molar-refractivity contribution in [2.24, 2.45) is 0 Å². The van der Waals surface area contributed by atoms with Crippen molar-refractivity contribution in [2.75, 3.05) is 6.54 Å². The standard InChI is InChI=1S/C23H26N2O2S.H3N/c1-4-5-16(23(26)27)19-14(3)25-22-21(17-12-24-11-10-18(17)28-22)20(19)15-8-6-13(2)7-9-15;/h6-9,16,24H,4-5,10-12H2,1-3H3,(H,26,27);1H3. The number of rotatable bonds is 5. The number of hydrogen-bond donors (Lipinski definition) is 3. The molecule has 0 amide bonds. The van der Waals surface area contributed by atoms with Crippen molar-refractivity contribution in [2.45, 2.75) is 52.5 Å². The first kappa shape index (κ1) is 21.4. The number of fused-ring (bicyclic) bond motifs is 3. The largest absolute Gasteiger partial charge is 0.481 e. The van der Waals surface area contributed by atoms with E-state index in [1.54, 1.807) is 11.3 Å². The first-order chi connectivity index (χ1) is 13.5. The molecular formula is C23H29N3O2S. The van der Waals surface area contributed by atoms with E-state index >= 15 is 0 Å². The highest BCUT2D eigenvalue weighted by atomic mass is 32.1. The number of nitrogens with one attached hydrogen (secondary N) is 1. The Hall–Kier alpha value is -2.28. The number of thiophene rings is 1. The number of aromatic nitrogens is 1. The molecule has 0 bridgehead atoms. The zero-order valence-corrected chi connectivity index (χ0v) is 18.2. The van der Waals surface area contributed by atoms with Gasteiger partial charge in [-0.2, -0.15) is 0 Å². The first-order valence-electron chi connectivity index (χ1n) is 9.96. The van der Waals surface area contributed by atoms with Gasteiger partial charge < -0.3 is 16.6 Å². The van der Waals surface area contributed by atoms with Gasteiger partial charge in [0.1, 0.15) is 4.83 Å². The number of pyridine rings is 1. The maximum Gasteiger partial charge on any atom is 0.311 e. The molecule has 0 saturated heterocycles. The number of aliphatic carboxylic acids is 1. The second-order valence-electron chi connectivity index (χ2n) is 7.64. The quantitative estimate of drug-likeness (QED) is 0.525. The molecule has 154 valence electrons. The van der Waals surface area contributed by atoms with Crippen molar-refractivity contribution in [3.63, 3.8) is 0 Å². The van der Waals surface area contributed by atoms with Crippen molar-refractivity contribution >= 4 is 27.5 Å². The Morgan fingerprint density at radius 3 is 2.66 bits per heavy atom. The van der Waals surface area contributed by atoms with E-state index in [1.807, 2.05) is 13.8 Å². The van der Waals surface area contributed by atoms with Crippen molar-refractivity contribution in [1.29, 1.82) is 0 Å². The maximum atomic E-state index is 12.2. The van der Waals surface area contributed by atoms with Crippen LogP contribution in [0.4, 0.5) is 0 Å². The molecule has 0 aliphatic carbocycles. The lowest BCUT2D eigenvalue weighted by Gasteiger charge is -2.21. The second kappa shape index (κ2) is 8.61. The van der Waals surface area contributed by atoms with Crippen molar-refractivity contribution < 1.29 is 9.90 Å². The molecule has 4 rings (SSSR count). The number of aryl methyl sites for hydroxylation is 2. The molecule has 0 radical (unpaired) electrons. The number of carbonyl (C=O) groups is 1. The normalized spacial score (nSPS) is 14.3. The van der Waals surface area contributed by atoms with Crippen molar-refractivity contribution in [1.82, 2.24) is 16.5 Å². The third-order valence-corrected chi connectivity index (χ3v) is 6.83. The van der Waals surface area contributed by atoms with Crippen LogP contribution in [0, 0.1) is 13.8 Å². The number of carboxylic acid groups (broad SMARTS) is 1. The minimum Gasteiger partial charge on any atom is -0.481 e. The molecule has 1 unspecified atom stereocenters. The van der Waals surface area contributed by atoms with Gasteiger partial charge in [-0.3, -0.25) is 4.79 Å². The van der Waals surface area contributed by atoms with Crippen molar-refractivity contribution in [3.8, 4) is 11.1 Å². The van der Waals surface area contributed by atoms with Crippen LogP contribution in [-0.4, -0.2) is 22.6 Å². The van der Waals surface area contributed by atoms with Crippen LogP contribution in [0.3, 0.4) is 0 Å². The Bertz CT molecular complexity index is 1040. The molecule has 1 atom stereocenters. The van der Waals surface area contributed by atoms with E-state index in [4.69, 9.17) is 4.98 Å². The summed E-state index contributed by atoms with van der Waals surface area (Å²) in [6.45, 7) is 7.89. The van der Waals surface area contributed by atoms with Crippen LogP contribution in [0.2, 0.25) is 0 Å². The molecule has 3 aromatic rings. The molecule has 1 aromatic carbocycles. The highest BCUT2D eigenvalue weighted by Crippen LogP contribution is 2.44. The number of hydrogen-bond acceptors (Lipinski definition) is 5. The van der Waals surface area contributed by atoms with E-state index in [9.17, 15) is 9.90 Å². The minimum atomic E-state index is -0.762. The molecule has 1 aliphatic heterocycles. The molecule has 29 heavy (non-hydrogen) atoms. The number of carboxylic acids is 1. The summed E-state index contributed by atoms with van der Waals surface area (Å²) >= 11 is 1.77. The summed E-state index contributed by atoms with van der Waals surface area (Å²) in [6.07, 6.45) is 2.45. The molecule has 5 nitrogen and oxygen atoms in total. The average Bonchev–Trinajstić information content (AvgIpc) is 3.04. The lowest BCUT2D eigenvalue weighted by atomic mass is 9.84. The molecule has 6 heteroatoms. The molecule has 3 heterocycles. The molecule has 2 aromatic heterocycles. The monoisotopic (exact) mass is 411 g/mol. The number of nitrogens with zero attached hydrogens (tertiary/aromatic N) is 1. The van der Waals surface area contributed by atoms with Gasteiger partial charge in [-0.15, -0.1) is 11.3 Å². The van der Waals surface area contributed by atoms with Gasteiger partial charge in [0.25, 0.3) is 0 Å². The molecule has 1 aliphatic rings. The Labute approximate surface area is 175 Å². The molecule has 5 N–H and O–H groups in total. The van der Waals surface area contributed by atoms with Gasteiger partial charge in [-0.05, 0) is 48.9 Å². The van der Waals surface area contributed by atoms with Gasteiger partial charge in [-0.25, -0.2) is 4.98 Å². The zero-order valence-electron chi connectivity index (χ0n) is 17.3. The van der Waals surface area contributed by atoms with Gasteiger partial charge in [0.05, 0.1) is 5.92 Å². The molecular weight excluding hydrogens is 382 g/mol. The smallest absolute Gasteiger partial charge is 0.311 e. The summed E-state index contributed by atoms with van der Waals surface area (Å²) in [5.74, 6) is -1.30. The summed E-state index contributed by atoms with van der Waals surface area (Å²) < 4.78 is 0. The zero-order chi connectivity index (χ0) is 19.8. The van der Waals surface area contributed by atoms with Gasteiger partial charge in [0, 0.05) is 29.0 Å². The van der Waals surface area contributed by atoms with E-state index in [1.165, 1.54) is 16.0 Å². The summed E-state index contributed by atoms with van der Waals surface area (Å²) in [6, 6.07) is 8.46. The fraction of sp³-hybridized carbons (Fsp3) is 0.391. The van der Waals surface area contributed by atoms with Crippen LogP contribution in [0.5, 0.6) is 0 Å². The molecule has 0 spiro atoms. The van der Waals surface area contributed by atoms with E-state index in [0.29, 0.717) is 6.42 Å². The third-order valence-electron chi connectivity index (χ3n) is 5.65. The first-order valence-corrected chi connectivity index (χ1v) is 10.8. The fourth-order valence-corrected chi connectivity index (χ4v) is 5.54. The lowest BCUT2D eigenvalue weighted by Crippen LogP contribution is -2.22. The van der Waals surface area contributed by atoms with Gasteiger partial charge in [-0.1, -0.05) is 43.2 Å².